The summed E-state index contributed by atoms with van der Waals surface area (Å²) in [4.78, 5) is 3.73. The molecule has 0 aliphatic carbocycles. The molecular formula is C36H23F2N. The summed E-state index contributed by atoms with van der Waals surface area (Å²) in [5, 5.41) is 2.23. The highest BCUT2D eigenvalue weighted by molar-refractivity contribution is 6.24. The van der Waals surface area contributed by atoms with Crippen LogP contribution in [0.3, 0.4) is 0 Å². The van der Waals surface area contributed by atoms with Crippen LogP contribution in [0, 0.1) is 11.6 Å². The Kier molecular flexibility index (Phi) is 5.56. The molecule has 0 amide bonds. The largest absolute Gasteiger partial charge is 0.354 e. The van der Waals surface area contributed by atoms with Gasteiger partial charge in [-0.3, -0.25) is 0 Å². The summed E-state index contributed by atoms with van der Waals surface area (Å²) < 4.78 is 28.0. The quantitative estimate of drug-likeness (QED) is 0.244. The van der Waals surface area contributed by atoms with Gasteiger partial charge >= 0.3 is 0 Å². The maximum Gasteiger partial charge on any atom is 0.123 e. The van der Waals surface area contributed by atoms with Crippen LogP contribution in [0.15, 0.2) is 133 Å². The van der Waals surface area contributed by atoms with Gasteiger partial charge in [0.2, 0.25) is 0 Å². The molecule has 0 saturated heterocycles. The van der Waals surface area contributed by atoms with Gasteiger partial charge in [0, 0.05) is 21.9 Å². The Hall–Kier alpha value is -5.02. The number of hydrogen-bond acceptors (Lipinski definition) is 0. The number of H-pyrrole nitrogens is 1. The Morgan fingerprint density at radius 1 is 0.410 bits per heavy atom. The maximum absolute atomic E-state index is 14.0. The highest BCUT2D eigenvalue weighted by Crippen LogP contribution is 2.47. The van der Waals surface area contributed by atoms with Crippen LogP contribution >= 0.6 is 0 Å². The molecule has 1 nitrogen and oxygen atoms in total. The molecule has 0 spiro atoms. The van der Waals surface area contributed by atoms with Crippen LogP contribution in [0.5, 0.6) is 0 Å². The first-order chi connectivity index (χ1) is 19.2. The molecule has 7 aromatic rings. The lowest BCUT2D eigenvalue weighted by atomic mass is 9.86. The Bertz CT molecular complexity index is 1940. The van der Waals surface area contributed by atoms with Crippen molar-refractivity contribution in [1.82, 2.24) is 4.98 Å². The first-order valence-electron chi connectivity index (χ1n) is 12.9. The van der Waals surface area contributed by atoms with Crippen LogP contribution in [0.25, 0.3) is 66.3 Å². The van der Waals surface area contributed by atoms with Crippen molar-refractivity contribution in [3.8, 4) is 44.5 Å². The van der Waals surface area contributed by atoms with Gasteiger partial charge in [0.25, 0.3) is 0 Å². The molecule has 39 heavy (non-hydrogen) atoms. The molecule has 0 bridgehead atoms. The highest BCUT2D eigenvalue weighted by Gasteiger charge is 2.22. The van der Waals surface area contributed by atoms with Crippen LogP contribution in [0.1, 0.15) is 0 Å². The van der Waals surface area contributed by atoms with Gasteiger partial charge in [-0.2, -0.15) is 0 Å². The number of rotatable bonds is 4. The first-order valence-corrected chi connectivity index (χ1v) is 12.9. The van der Waals surface area contributed by atoms with E-state index in [9.17, 15) is 8.78 Å². The van der Waals surface area contributed by atoms with E-state index in [1.807, 2.05) is 36.4 Å². The molecule has 1 aromatic heterocycles. The number of aromatic nitrogens is 1. The summed E-state index contributed by atoms with van der Waals surface area (Å²) in [5.74, 6) is -0.577. The zero-order valence-corrected chi connectivity index (χ0v) is 21.0. The van der Waals surface area contributed by atoms with Gasteiger partial charge in [0.15, 0.2) is 0 Å². The van der Waals surface area contributed by atoms with E-state index in [2.05, 4.69) is 65.6 Å². The predicted molar refractivity (Wildman–Crippen MR) is 157 cm³/mol. The fourth-order valence-corrected chi connectivity index (χ4v) is 5.61. The van der Waals surface area contributed by atoms with E-state index in [0.29, 0.717) is 0 Å². The van der Waals surface area contributed by atoms with E-state index >= 15 is 0 Å². The van der Waals surface area contributed by atoms with E-state index in [0.717, 1.165) is 66.3 Å². The lowest BCUT2D eigenvalue weighted by Crippen LogP contribution is -1.92. The van der Waals surface area contributed by atoms with Crippen molar-refractivity contribution >= 4 is 21.8 Å². The number of halogens is 2. The summed E-state index contributed by atoms with van der Waals surface area (Å²) in [7, 11) is 0. The summed E-state index contributed by atoms with van der Waals surface area (Å²) in [6.45, 7) is 0. The van der Waals surface area contributed by atoms with Crippen LogP contribution in [-0.2, 0) is 0 Å². The molecule has 0 atom stereocenters. The van der Waals surface area contributed by atoms with E-state index < -0.39 is 0 Å². The normalized spacial score (nSPS) is 11.3. The maximum atomic E-state index is 14.0. The summed E-state index contributed by atoms with van der Waals surface area (Å²) >= 11 is 0. The summed E-state index contributed by atoms with van der Waals surface area (Å²) in [6, 6.07) is 42.4. The number of nitrogens with one attached hydrogen (secondary N) is 1. The SMILES string of the molecule is Fc1ccc(-c2cc(-c3ccccc3)c3c([nH]c4cccc(-c5ccccc5)c43)c2-c2ccc(F)cc2)cc1. The van der Waals surface area contributed by atoms with Gasteiger partial charge in [-0.25, -0.2) is 8.78 Å². The van der Waals surface area contributed by atoms with Crippen molar-refractivity contribution in [3.63, 3.8) is 0 Å². The fraction of sp³-hybridized carbons (Fsp3) is 0. The van der Waals surface area contributed by atoms with Crippen molar-refractivity contribution < 1.29 is 8.78 Å². The monoisotopic (exact) mass is 507 g/mol. The third-order valence-corrected chi connectivity index (χ3v) is 7.36. The average molecular weight is 508 g/mol. The predicted octanol–water partition coefficient (Wildman–Crippen LogP) is 10.3. The van der Waals surface area contributed by atoms with E-state index in [-0.39, 0.29) is 11.6 Å². The highest BCUT2D eigenvalue weighted by atomic mass is 19.1. The average Bonchev–Trinajstić information content (AvgIpc) is 3.38. The van der Waals surface area contributed by atoms with Gasteiger partial charge in [-0.05, 0) is 75.3 Å². The minimum atomic E-state index is -0.290. The van der Waals surface area contributed by atoms with Crippen molar-refractivity contribution in [3.05, 3.63) is 145 Å². The van der Waals surface area contributed by atoms with Crippen LogP contribution in [-0.4, -0.2) is 4.98 Å². The van der Waals surface area contributed by atoms with Crippen molar-refractivity contribution in [2.45, 2.75) is 0 Å². The topological polar surface area (TPSA) is 15.8 Å². The summed E-state index contributed by atoms with van der Waals surface area (Å²) in [6.07, 6.45) is 0. The number of hydrogen-bond donors (Lipinski definition) is 1. The zero-order chi connectivity index (χ0) is 26.3. The zero-order valence-electron chi connectivity index (χ0n) is 21.0. The number of fused-ring (bicyclic) bond motifs is 3. The molecule has 0 saturated carbocycles. The third-order valence-electron chi connectivity index (χ3n) is 7.36. The second-order valence-electron chi connectivity index (χ2n) is 9.70. The lowest BCUT2D eigenvalue weighted by molar-refractivity contribution is 0.627. The lowest BCUT2D eigenvalue weighted by Gasteiger charge is -2.17. The van der Waals surface area contributed by atoms with Gasteiger partial charge in [0.05, 0.1) is 5.52 Å². The van der Waals surface area contributed by atoms with Crippen molar-refractivity contribution in [2.75, 3.05) is 0 Å². The minimum Gasteiger partial charge on any atom is -0.354 e. The molecular weight excluding hydrogens is 484 g/mol. The molecule has 0 fully saturated rings. The van der Waals surface area contributed by atoms with Crippen LogP contribution in [0.4, 0.5) is 8.78 Å². The van der Waals surface area contributed by atoms with Crippen LogP contribution < -0.4 is 0 Å². The molecule has 1 heterocycles. The Morgan fingerprint density at radius 2 is 0.949 bits per heavy atom. The molecule has 0 aliphatic heterocycles. The van der Waals surface area contributed by atoms with E-state index in [1.54, 1.807) is 12.1 Å². The van der Waals surface area contributed by atoms with E-state index in [4.69, 9.17) is 0 Å². The smallest absolute Gasteiger partial charge is 0.123 e. The molecule has 6 aromatic carbocycles. The molecule has 7 rings (SSSR count). The Labute approximate surface area is 225 Å². The summed E-state index contributed by atoms with van der Waals surface area (Å²) in [5.41, 5.74) is 10.1. The molecule has 3 heteroatoms. The molecule has 0 aliphatic rings. The van der Waals surface area contributed by atoms with Gasteiger partial charge < -0.3 is 4.98 Å². The second kappa shape index (κ2) is 9.38. The van der Waals surface area contributed by atoms with Gasteiger partial charge in [-0.1, -0.05) is 97.1 Å². The molecule has 0 unspecified atom stereocenters. The minimum absolute atomic E-state index is 0.287. The third kappa shape index (κ3) is 4.00. The van der Waals surface area contributed by atoms with Crippen LogP contribution in [0.2, 0.25) is 0 Å². The second-order valence-corrected chi connectivity index (χ2v) is 9.70. The van der Waals surface area contributed by atoms with Gasteiger partial charge in [0.1, 0.15) is 11.6 Å². The number of benzene rings is 6. The standard InChI is InChI=1S/C36H23F2N/c37-27-18-14-25(15-19-27)30-22-31(24-10-5-2-6-11-24)35-34-29(23-8-3-1-4-9-23)12-7-13-32(34)39-36(35)33(30)26-16-20-28(38)21-17-26/h1-22,39H. The Morgan fingerprint density at radius 3 is 1.56 bits per heavy atom. The van der Waals surface area contributed by atoms with E-state index in [1.165, 1.54) is 24.3 Å². The molecule has 186 valence electrons. The Balaban J connectivity index is 1.69. The molecule has 0 radical (unpaired) electrons. The fourth-order valence-electron chi connectivity index (χ4n) is 5.61. The number of aromatic amines is 1. The van der Waals surface area contributed by atoms with Crippen molar-refractivity contribution in [2.24, 2.45) is 0 Å². The van der Waals surface area contributed by atoms with Crippen molar-refractivity contribution in [1.29, 1.82) is 0 Å². The first kappa shape index (κ1) is 23.1. The molecule has 1 N–H and O–H groups in total. The van der Waals surface area contributed by atoms with Gasteiger partial charge in [-0.15, -0.1) is 0 Å².